The summed E-state index contributed by atoms with van der Waals surface area (Å²) in [5.74, 6) is 0.0766. The standard InChI is InChI=1S/C24H23ClN2O3/c1-15-9-10-19(13-21(15)27-24(29)18-7-5-4-6-8-18)26-22(28)14-30-20-11-16(2)23(25)17(3)12-20/h4-13H,14H2,1-3H3,(H,26,28)(H,27,29). The van der Waals surface area contributed by atoms with E-state index in [0.29, 0.717) is 27.7 Å². The first-order valence-corrected chi connectivity index (χ1v) is 9.87. The molecule has 0 saturated carbocycles. The summed E-state index contributed by atoms with van der Waals surface area (Å²) in [5.41, 5.74) is 4.44. The van der Waals surface area contributed by atoms with E-state index in [1.165, 1.54) is 0 Å². The van der Waals surface area contributed by atoms with Crippen LogP contribution in [0.15, 0.2) is 60.7 Å². The first kappa shape index (κ1) is 21.4. The molecule has 0 aromatic heterocycles. The Balaban J connectivity index is 1.63. The minimum Gasteiger partial charge on any atom is -0.484 e. The maximum atomic E-state index is 12.4. The fraction of sp³-hybridized carbons (Fsp3) is 0.167. The number of rotatable bonds is 6. The first-order chi connectivity index (χ1) is 14.3. The van der Waals surface area contributed by atoms with Gasteiger partial charge in [-0.1, -0.05) is 35.9 Å². The van der Waals surface area contributed by atoms with Crippen molar-refractivity contribution >= 4 is 34.8 Å². The van der Waals surface area contributed by atoms with Gasteiger partial charge in [0.2, 0.25) is 0 Å². The molecule has 30 heavy (non-hydrogen) atoms. The maximum Gasteiger partial charge on any atom is 0.262 e. The lowest BCUT2D eigenvalue weighted by Gasteiger charge is -2.13. The van der Waals surface area contributed by atoms with E-state index in [9.17, 15) is 9.59 Å². The largest absolute Gasteiger partial charge is 0.484 e. The Morgan fingerprint density at radius 2 is 1.53 bits per heavy atom. The summed E-state index contributed by atoms with van der Waals surface area (Å²) in [6.45, 7) is 5.53. The Kier molecular flexibility index (Phi) is 6.75. The van der Waals surface area contributed by atoms with Crippen LogP contribution in [0.2, 0.25) is 5.02 Å². The smallest absolute Gasteiger partial charge is 0.262 e. The highest BCUT2D eigenvalue weighted by atomic mass is 35.5. The van der Waals surface area contributed by atoms with Gasteiger partial charge in [-0.05, 0) is 73.9 Å². The highest BCUT2D eigenvalue weighted by molar-refractivity contribution is 6.32. The van der Waals surface area contributed by atoms with E-state index in [4.69, 9.17) is 16.3 Å². The predicted molar refractivity (Wildman–Crippen MR) is 121 cm³/mol. The third kappa shape index (κ3) is 5.39. The van der Waals surface area contributed by atoms with Gasteiger partial charge in [-0.2, -0.15) is 0 Å². The first-order valence-electron chi connectivity index (χ1n) is 9.50. The molecule has 0 aliphatic carbocycles. The number of ether oxygens (including phenoxy) is 1. The van der Waals surface area contributed by atoms with Gasteiger partial charge in [0.1, 0.15) is 5.75 Å². The van der Waals surface area contributed by atoms with E-state index in [1.54, 1.807) is 36.4 Å². The molecule has 6 heteroatoms. The molecular formula is C24H23ClN2O3. The second-order valence-corrected chi connectivity index (χ2v) is 7.44. The van der Waals surface area contributed by atoms with Crippen molar-refractivity contribution in [1.82, 2.24) is 0 Å². The van der Waals surface area contributed by atoms with Gasteiger partial charge >= 0.3 is 0 Å². The van der Waals surface area contributed by atoms with Crippen molar-refractivity contribution in [3.05, 3.63) is 87.9 Å². The zero-order valence-electron chi connectivity index (χ0n) is 17.1. The molecule has 5 nitrogen and oxygen atoms in total. The molecule has 0 fully saturated rings. The zero-order chi connectivity index (χ0) is 21.7. The van der Waals surface area contributed by atoms with E-state index >= 15 is 0 Å². The lowest BCUT2D eigenvalue weighted by molar-refractivity contribution is -0.118. The predicted octanol–water partition coefficient (Wildman–Crippen LogP) is 5.54. The van der Waals surface area contributed by atoms with Gasteiger partial charge < -0.3 is 15.4 Å². The lowest BCUT2D eigenvalue weighted by atomic mass is 10.1. The van der Waals surface area contributed by atoms with Crippen LogP contribution in [-0.2, 0) is 4.79 Å². The Morgan fingerprint density at radius 3 is 2.20 bits per heavy atom. The number of carbonyl (C=O) groups excluding carboxylic acids is 2. The molecule has 0 saturated heterocycles. The van der Waals surface area contributed by atoms with Crippen molar-refractivity contribution in [2.45, 2.75) is 20.8 Å². The van der Waals surface area contributed by atoms with Gasteiger partial charge in [-0.3, -0.25) is 9.59 Å². The fourth-order valence-corrected chi connectivity index (χ4v) is 3.06. The third-order valence-electron chi connectivity index (χ3n) is 4.59. The number of carbonyl (C=O) groups is 2. The van der Waals surface area contributed by atoms with Gasteiger partial charge in [-0.15, -0.1) is 0 Å². The summed E-state index contributed by atoms with van der Waals surface area (Å²) < 4.78 is 5.59. The quantitative estimate of drug-likeness (QED) is 0.548. The second kappa shape index (κ2) is 9.46. The van der Waals surface area contributed by atoms with Crippen molar-refractivity contribution in [1.29, 1.82) is 0 Å². The monoisotopic (exact) mass is 422 g/mol. The van der Waals surface area contributed by atoms with Gasteiger partial charge in [0.05, 0.1) is 0 Å². The molecule has 3 aromatic rings. The SMILES string of the molecule is Cc1ccc(NC(=O)COc2cc(C)c(Cl)c(C)c2)cc1NC(=O)c1ccccc1. The molecule has 0 aliphatic heterocycles. The van der Waals surface area contributed by atoms with E-state index in [2.05, 4.69) is 10.6 Å². The van der Waals surface area contributed by atoms with Gasteiger partial charge in [-0.25, -0.2) is 0 Å². The van der Waals surface area contributed by atoms with Crippen molar-refractivity contribution in [3.63, 3.8) is 0 Å². The number of halogens is 1. The second-order valence-electron chi connectivity index (χ2n) is 7.06. The molecule has 0 radical (unpaired) electrons. The average molecular weight is 423 g/mol. The number of nitrogens with one attached hydrogen (secondary N) is 2. The summed E-state index contributed by atoms with van der Waals surface area (Å²) in [4.78, 5) is 24.7. The van der Waals surface area contributed by atoms with Crippen molar-refractivity contribution in [3.8, 4) is 5.75 Å². The van der Waals surface area contributed by atoms with Crippen molar-refractivity contribution in [2.24, 2.45) is 0 Å². The molecule has 0 atom stereocenters. The highest BCUT2D eigenvalue weighted by Gasteiger charge is 2.10. The zero-order valence-corrected chi connectivity index (χ0v) is 17.8. The molecule has 2 amide bonds. The van der Waals surface area contributed by atoms with Gasteiger partial charge in [0.15, 0.2) is 6.61 Å². The van der Waals surface area contributed by atoms with E-state index in [1.807, 2.05) is 45.0 Å². The normalized spacial score (nSPS) is 10.4. The van der Waals surface area contributed by atoms with E-state index < -0.39 is 0 Å². The minimum atomic E-state index is -0.301. The van der Waals surface area contributed by atoms with Gasteiger partial charge in [0.25, 0.3) is 11.8 Å². The van der Waals surface area contributed by atoms with Crippen LogP contribution < -0.4 is 15.4 Å². The Morgan fingerprint density at radius 1 is 0.867 bits per heavy atom. The summed E-state index contributed by atoms with van der Waals surface area (Å²) in [6.07, 6.45) is 0. The number of anilines is 2. The average Bonchev–Trinajstić information content (AvgIpc) is 2.73. The number of amides is 2. The number of aryl methyl sites for hydroxylation is 3. The van der Waals surface area contributed by atoms with Crippen LogP contribution in [0.3, 0.4) is 0 Å². The van der Waals surface area contributed by atoms with E-state index in [0.717, 1.165) is 16.7 Å². The van der Waals surface area contributed by atoms with Crippen LogP contribution in [-0.4, -0.2) is 18.4 Å². The molecular weight excluding hydrogens is 400 g/mol. The Bertz CT molecular complexity index is 1060. The molecule has 0 spiro atoms. The molecule has 3 rings (SSSR count). The molecule has 3 aromatic carbocycles. The molecule has 0 unspecified atom stereocenters. The minimum absolute atomic E-state index is 0.139. The summed E-state index contributed by atoms with van der Waals surface area (Å²) in [5, 5.41) is 6.37. The Hall–Kier alpha value is -3.31. The fourth-order valence-electron chi connectivity index (χ4n) is 2.95. The maximum absolute atomic E-state index is 12.4. The number of benzene rings is 3. The van der Waals surface area contributed by atoms with Crippen LogP contribution in [0.25, 0.3) is 0 Å². The Labute approximate surface area is 181 Å². The molecule has 0 bridgehead atoms. The summed E-state index contributed by atoms with van der Waals surface area (Å²) >= 11 is 6.16. The lowest BCUT2D eigenvalue weighted by Crippen LogP contribution is -2.20. The third-order valence-corrected chi connectivity index (χ3v) is 5.18. The van der Waals surface area contributed by atoms with Crippen LogP contribution in [0.1, 0.15) is 27.0 Å². The highest BCUT2D eigenvalue weighted by Crippen LogP contribution is 2.26. The number of hydrogen-bond donors (Lipinski definition) is 2. The summed E-state index contributed by atoms with van der Waals surface area (Å²) in [7, 11) is 0. The summed E-state index contributed by atoms with van der Waals surface area (Å²) in [6, 6.07) is 17.9. The molecule has 0 heterocycles. The van der Waals surface area contributed by atoms with Crippen LogP contribution in [0.5, 0.6) is 5.75 Å². The van der Waals surface area contributed by atoms with Crippen LogP contribution in [0, 0.1) is 20.8 Å². The van der Waals surface area contributed by atoms with Crippen LogP contribution in [0.4, 0.5) is 11.4 Å². The van der Waals surface area contributed by atoms with Gasteiger partial charge in [0, 0.05) is 22.0 Å². The van der Waals surface area contributed by atoms with Crippen molar-refractivity contribution in [2.75, 3.05) is 17.2 Å². The molecule has 154 valence electrons. The van der Waals surface area contributed by atoms with E-state index in [-0.39, 0.29) is 18.4 Å². The van der Waals surface area contributed by atoms with Crippen LogP contribution >= 0.6 is 11.6 Å². The number of hydrogen-bond acceptors (Lipinski definition) is 3. The molecule has 0 aliphatic rings. The molecule has 2 N–H and O–H groups in total. The topological polar surface area (TPSA) is 67.4 Å². The van der Waals surface area contributed by atoms with Crippen molar-refractivity contribution < 1.29 is 14.3 Å².